The lowest BCUT2D eigenvalue weighted by Crippen LogP contribution is -2.23. The van der Waals surface area contributed by atoms with Crippen LogP contribution < -0.4 is 10.0 Å². The second kappa shape index (κ2) is 8.12. The van der Waals surface area contributed by atoms with E-state index in [9.17, 15) is 18.0 Å². The quantitative estimate of drug-likeness (QED) is 0.776. The van der Waals surface area contributed by atoms with Crippen molar-refractivity contribution >= 4 is 27.5 Å². The lowest BCUT2D eigenvalue weighted by Gasteiger charge is -2.15. The van der Waals surface area contributed by atoms with Crippen LogP contribution in [0.5, 0.6) is 0 Å². The number of nitrogens with one attached hydrogen (secondary N) is 2. The number of benzene rings is 2. The summed E-state index contributed by atoms with van der Waals surface area (Å²) < 4.78 is 26.4. The molecule has 0 saturated carbocycles. The Morgan fingerprint density at radius 1 is 1.14 bits per heavy atom. The van der Waals surface area contributed by atoms with Crippen LogP contribution in [0.2, 0.25) is 0 Å². The molecule has 1 aliphatic heterocycles. The summed E-state index contributed by atoms with van der Waals surface area (Å²) in [6.45, 7) is 3.01. The molecule has 0 atom stereocenters. The lowest BCUT2D eigenvalue weighted by molar-refractivity contribution is -0.128. The molecule has 1 fully saturated rings. The van der Waals surface area contributed by atoms with Crippen molar-refractivity contribution in [3.63, 3.8) is 0 Å². The van der Waals surface area contributed by atoms with Crippen molar-refractivity contribution in [2.45, 2.75) is 31.2 Å². The van der Waals surface area contributed by atoms with Gasteiger partial charge in [0.1, 0.15) is 0 Å². The van der Waals surface area contributed by atoms with Crippen LogP contribution in [-0.4, -0.2) is 38.7 Å². The van der Waals surface area contributed by atoms with Gasteiger partial charge in [-0.2, -0.15) is 0 Å². The van der Waals surface area contributed by atoms with Gasteiger partial charge in [0.15, 0.2) is 0 Å². The minimum absolute atomic E-state index is 0.124. The highest BCUT2D eigenvalue weighted by Gasteiger charge is 2.20. The summed E-state index contributed by atoms with van der Waals surface area (Å²) >= 11 is 0. The number of carbonyl (C=O) groups excluding carboxylic acids is 2. The van der Waals surface area contributed by atoms with E-state index in [1.807, 2.05) is 17.0 Å². The Morgan fingerprint density at radius 2 is 1.86 bits per heavy atom. The maximum absolute atomic E-state index is 12.5. The Labute approximate surface area is 164 Å². The zero-order chi connectivity index (χ0) is 20.3. The molecule has 0 radical (unpaired) electrons. The molecule has 2 amide bonds. The van der Waals surface area contributed by atoms with E-state index in [-0.39, 0.29) is 16.7 Å². The van der Waals surface area contributed by atoms with Gasteiger partial charge in [-0.3, -0.25) is 9.59 Å². The maximum Gasteiger partial charge on any atom is 0.255 e. The number of hydrogen-bond donors (Lipinski definition) is 2. The van der Waals surface area contributed by atoms with Crippen LogP contribution >= 0.6 is 0 Å². The maximum atomic E-state index is 12.5. The molecule has 28 heavy (non-hydrogen) atoms. The highest BCUT2D eigenvalue weighted by molar-refractivity contribution is 7.89. The SMILES string of the molecule is CNS(=O)(=O)c1cc(NC(=O)c2ccc(CN3CCCC3=O)cc2)ccc1C. The zero-order valence-corrected chi connectivity index (χ0v) is 16.7. The monoisotopic (exact) mass is 401 g/mol. The van der Waals surface area contributed by atoms with Crippen molar-refractivity contribution in [2.24, 2.45) is 0 Å². The molecule has 0 unspecified atom stereocenters. The standard InChI is InChI=1S/C20H23N3O4S/c1-14-5-10-17(12-18(14)28(26,27)21-2)22-20(25)16-8-6-15(7-9-16)13-23-11-3-4-19(23)24/h5-10,12,21H,3-4,11,13H2,1-2H3,(H,22,25). The number of nitrogens with zero attached hydrogens (tertiary/aromatic N) is 1. The van der Waals surface area contributed by atoms with Gasteiger partial charge in [-0.05, 0) is 55.8 Å². The van der Waals surface area contributed by atoms with Crippen LogP contribution in [-0.2, 0) is 21.4 Å². The molecule has 3 rings (SSSR count). The smallest absolute Gasteiger partial charge is 0.255 e. The zero-order valence-electron chi connectivity index (χ0n) is 15.9. The fourth-order valence-electron chi connectivity index (χ4n) is 3.13. The first kappa shape index (κ1) is 20.0. The summed E-state index contributed by atoms with van der Waals surface area (Å²) in [6, 6.07) is 11.8. The first-order valence-corrected chi connectivity index (χ1v) is 10.5. The molecule has 2 aromatic carbocycles. The Kier molecular flexibility index (Phi) is 5.81. The largest absolute Gasteiger partial charge is 0.338 e. The number of anilines is 1. The molecule has 0 spiro atoms. The van der Waals surface area contributed by atoms with Crippen LogP contribution in [0.25, 0.3) is 0 Å². The van der Waals surface area contributed by atoms with Crippen LogP contribution in [0.4, 0.5) is 5.69 Å². The highest BCUT2D eigenvalue weighted by Crippen LogP contribution is 2.21. The van der Waals surface area contributed by atoms with Gasteiger partial charge in [0.25, 0.3) is 5.91 Å². The Morgan fingerprint density at radius 3 is 2.46 bits per heavy atom. The van der Waals surface area contributed by atoms with Crippen molar-refractivity contribution < 1.29 is 18.0 Å². The Hall–Kier alpha value is -2.71. The van der Waals surface area contributed by atoms with Gasteiger partial charge >= 0.3 is 0 Å². The van der Waals surface area contributed by atoms with Crippen molar-refractivity contribution in [2.75, 3.05) is 18.9 Å². The normalized spacial score (nSPS) is 14.4. The van der Waals surface area contributed by atoms with Gasteiger partial charge in [0.05, 0.1) is 4.90 Å². The second-order valence-corrected chi connectivity index (χ2v) is 8.61. The summed E-state index contributed by atoms with van der Waals surface area (Å²) in [5.74, 6) is -0.172. The van der Waals surface area contributed by atoms with E-state index >= 15 is 0 Å². The summed E-state index contributed by atoms with van der Waals surface area (Å²) in [5.41, 5.74) is 2.41. The number of hydrogen-bond acceptors (Lipinski definition) is 4. The fraction of sp³-hybridized carbons (Fsp3) is 0.300. The topological polar surface area (TPSA) is 95.6 Å². The first-order valence-electron chi connectivity index (χ1n) is 9.02. The summed E-state index contributed by atoms with van der Waals surface area (Å²) in [6.07, 6.45) is 1.49. The number of amides is 2. The van der Waals surface area contributed by atoms with E-state index in [2.05, 4.69) is 10.0 Å². The molecule has 7 nitrogen and oxygen atoms in total. The highest BCUT2D eigenvalue weighted by atomic mass is 32.2. The predicted octanol–water partition coefficient (Wildman–Crippen LogP) is 2.28. The molecule has 0 aromatic heterocycles. The van der Waals surface area contributed by atoms with E-state index in [4.69, 9.17) is 0 Å². The number of aryl methyl sites for hydroxylation is 1. The molecular weight excluding hydrogens is 378 g/mol. The van der Waals surface area contributed by atoms with Crippen molar-refractivity contribution in [1.82, 2.24) is 9.62 Å². The van der Waals surface area contributed by atoms with E-state index in [0.29, 0.717) is 29.8 Å². The van der Waals surface area contributed by atoms with E-state index in [1.54, 1.807) is 31.2 Å². The second-order valence-electron chi connectivity index (χ2n) is 6.76. The number of carbonyl (C=O) groups is 2. The molecule has 2 aromatic rings. The van der Waals surface area contributed by atoms with Gasteiger partial charge in [0, 0.05) is 30.8 Å². The molecule has 0 bridgehead atoms. The predicted molar refractivity (Wildman–Crippen MR) is 106 cm³/mol. The third-order valence-corrected chi connectivity index (χ3v) is 6.32. The third kappa shape index (κ3) is 4.40. The third-order valence-electron chi connectivity index (χ3n) is 4.77. The van der Waals surface area contributed by atoms with E-state index in [0.717, 1.165) is 18.5 Å². The van der Waals surface area contributed by atoms with Crippen molar-refractivity contribution in [1.29, 1.82) is 0 Å². The molecule has 148 valence electrons. The summed E-state index contributed by atoms with van der Waals surface area (Å²) in [4.78, 5) is 26.1. The average Bonchev–Trinajstić information content (AvgIpc) is 3.08. The molecular formula is C20H23N3O4S. The van der Waals surface area contributed by atoms with Gasteiger partial charge in [0.2, 0.25) is 15.9 Å². The summed E-state index contributed by atoms with van der Waals surface area (Å²) in [5, 5.41) is 2.73. The number of sulfonamides is 1. The van der Waals surface area contributed by atoms with Crippen LogP contribution in [0.1, 0.15) is 34.3 Å². The Bertz CT molecular complexity index is 1000. The van der Waals surface area contributed by atoms with Crippen LogP contribution in [0.15, 0.2) is 47.4 Å². The lowest BCUT2D eigenvalue weighted by atomic mass is 10.1. The molecule has 1 heterocycles. The average molecular weight is 401 g/mol. The molecule has 1 saturated heterocycles. The Balaban J connectivity index is 1.71. The molecule has 1 aliphatic rings. The minimum atomic E-state index is -3.61. The van der Waals surface area contributed by atoms with E-state index in [1.165, 1.54) is 13.1 Å². The van der Waals surface area contributed by atoms with Crippen LogP contribution in [0.3, 0.4) is 0 Å². The van der Waals surface area contributed by atoms with Crippen molar-refractivity contribution in [3.8, 4) is 0 Å². The molecule has 8 heteroatoms. The summed E-state index contributed by atoms with van der Waals surface area (Å²) in [7, 11) is -2.26. The van der Waals surface area contributed by atoms with Gasteiger partial charge in [-0.1, -0.05) is 18.2 Å². The minimum Gasteiger partial charge on any atom is -0.338 e. The van der Waals surface area contributed by atoms with Gasteiger partial charge in [-0.15, -0.1) is 0 Å². The van der Waals surface area contributed by atoms with Crippen LogP contribution in [0, 0.1) is 6.92 Å². The fourth-order valence-corrected chi connectivity index (χ4v) is 4.13. The van der Waals surface area contributed by atoms with Gasteiger partial charge in [-0.25, -0.2) is 13.1 Å². The van der Waals surface area contributed by atoms with Crippen molar-refractivity contribution in [3.05, 3.63) is 59.2 Å². The number of likely N-dealkylation sites (tertiary alicyclic amines) is 1. The molecule has 2 N–H and O–H groups in total. The van der Waals surface area contributed by atoms with Gasteiger partial charge < -0.3 is 10.2 Å². The first-order chi connectivity index (χ1) is 13.3. The molecule has 0 aliphatic carbocycles. The van der Waals surface area contributed by atoms with E-state index < -0.39 is 10.0 Å². The number of rotatable bonds is 6.